The lowest BCUT2D eigenvalue weighted by atomic mass is 9.96. The van der Waals surface area contributed by atoms with Crippen molar-refractivity contribution in [1.29, 1.82) is 0 Å². The third-order valence-corrected chi connectivity index (χ3v) is 4.34. The fourth-order valence-electron chi connectivity index (χ4n) is 3.16. The van der Waals surface area contributed by atoms with Crippen molar-refractivity contribution in [2.24, 2.45) is 0 Å². The van der Waals surface area contributed by atoms with Gasteiger partial charge in [0.2, 0.25) is 0 Å². The zero-order valence-corrected chi connectivity index (χ0v) is 12.3. The molecule has 0 atom stereocenters. The molecule has 3 heterocycles. The lowest BCUT2D eigenvalue weighted by Crippen LogP contribution is -2.22. The number of aromatic amines is 3. The third-order valence-electron chi connectivity index (χ3n) is 4.34. The number of rotatable bonds is 1. The van der Waals surface area contributed by atoms with Crippen LogP contribution in [0.25, 0.3) is 22.7 Å². The van der Waals surface area contributed by atoms with Gasteiger partial charge in [0.1, 0.15) is 16.5 Å². The van der Waals surface area contributed by atoms with Crippen LogP contribution in [-0.4, -0.2) is 19.9 Å². The molecule has 0 aliphatic heterocycles. The first-order chi connectivity index (χ1) is 10.8. The summed E-state index contributed by atoms with van der Waals surface area (Å²) in [4.78, 5) is 25.8. The minimum Gasteiger partial charge on any atom is -0.346 e. The smallest absolute Gasteiger partial charge is 0.273 e. The highest BCUT2D eigenvalue weighted by Gasteiger charge is 2.08. The Morgan fingerprint density at radius 1 is 1.14 bits per heavy atom. The highest BCUT2D eigenvalue weighted by molar-refractivity contribution is 5.85. The van der Waals surface area contributed by atoms with E-state index in [1.165, 1.54) is 24.8 Å². The average Bonchev–Trinajstić information content (AvgIpc) is 3.13. The average molecular weight is 294 g/mol. The lowest BCUT2D eigenvalue weighted by molar-refractivity contribution is 0.640. The fourth-order valence-corrected chi connectivity index (χ4v) is 3.16. The van der Waals surface area contributed by atoms with Crippen molar-refractivity contribution in [3.63, 3.8) is 0 Å². The van der Waals surface area contributed by atoms with Gasteiger partial charge < -0.3 is 15.0 Å². The fraction of sp³-hybridized carbons (Fsp3) is 0.294. The van der Waals surface area contributed by atoms with Crippen molar-refractivity contribution in [3.8, 4) is 0 Å². The van der Waals surface area contributed by atoms with E-state index in [9.17, 15) is 4.79 Å². The first kappa shape index (κ1) is 13.1. The molecule has 0 unspecified atom stereocenters. The third kappa shape index (κ3) is 2.28. The van der Waals surface area contributed by atoms with Crippen LogP contribution in [0.15, 0.2) is 29.3 Å². The molecule has 0 amide bonds. The van der Waals surface area contributed by atoms with Gasteiger partial charge in [0.15, 0.2) is 0 Å². The van der Waals surface area contributed by atoms with Crippen LogP contribution < -0.4 is 16.4 Å². The second-order valence-corrected chi connectivity index (χ2v) is 5.82. The monoisotopic (exact) mass is 294 g/mol. The number of hydrogen-bond acceptors (Lipinski definition) is 2. The van der Waals surface area contributed by atoms with Crippen molar-refractivity contribution in [1.82, 2.24) is 19.9 Å². The van der Waals surface area contributed by atoms with Crippen molar-refractivity contribution >= 4 is 22.7 Å². The lowest BCUT2D eigenvalue weighted by Gasteiger charge is -2.11. The van der Waals surface area contributed by atoms with Crippen molar-refractivity contribution in [3.05, 3.63) is 51.3 Å². The predicted molar refractivity (Wildman–Crippen MR) is 86.8 cm³/mol. The molecule has 112 valence electrons. The standard InChI is InChI=1S/C17H18N4O/c22-17-14(20-15(21-17)11-5-2-1-3-6-11)9-12-10-19-16-13(12)7-4-8-18-16/h4,7-10,20H,1-3,5-6H2,(H,18,19)(H,21,22)/b14-9-. The molecule has 1 aliphatic carbocycles. The Kier molecular flexibility index (Phi) is 3.18. The summed E-state index contributed by atoms with van der Waals surface area (Å²) in [5, 5.41) is 1.61. The van der Waals surface area contributed by atoms with E-state index in [0.29, 0.717) is 5.35 Å². The Labute approximate surface area is 126 Å². The van der Waals surface area contributed by atoms with Gasteiger partial charge in [-0.2, -0.15) is 0 Å². The number of nitrogens with one attached hydrogen (secondary N) is 3. The van der Waals surface area contributed by atoms with E-state index in [-0.39, 0.29) is 5.56 Å². The number of hydrogen-bond donors (Lipinski definition) is 3. The van der Waals surface area contributed by atoms with Gasteiger partial charge in [-0.1, -0.05) is 6.42 Å². The SMILES string of the molecule is O=c1[nH]c(=C2CCCCC2)[nH]/c1=C\c1c[nH]c2ncccc12. The van der Waals surface area contributed by atoms with E-state index in [2.05, 4.69) is 19.9 Å². The number of H-pyrrole nitrogens is 3. The van der Waals surface area contributed by atoms with E-state index in [1.54, 1.807) is 6.20 Å². The summed E-state index contributed by atoms with van der Waals surface area (Å²) in [5.41, 5.74) is 3.97. The molecular formula is C17H18N4O. The molecule has 1 saturated carbocycles. The second kappa shape index (κ2) is 5.33. The van der Waals surface area contributed by atoms with Crippen LogP contribution in [0.1, 0.15) is 37.7 Å². The van der Waals surface area contributed by atoms with Crippen molar-refractivity contribution in [2.75, 3.05) is 0 Å². The number of pyridine rings is 1. The Balaban J connectivity index is 1.86. The van der Waals surface area contributed by atoms with E-state index < -0.39 is 0 Å². The summed E-state index contributed by atoms with van der Waals surface area (Å²) < 4.78 is 0. The largest absolute Gasteiger partial charge is 0.346 e. The molecule has 0 radical (unpaired) electrons. The van der Waals surface area contributed by atoms with Gasteiger partial charge in [-0.3, -0.25) is 4.79 Å². The summed E-state index contributed by atoms with van der Waals surface area (Å²) in [5.74, 6) is 0. The minimum atomic E-state index is -0.0636. The van der Waals surface area contributed by atoms with Crippen LogP contribution in [0.4, 0.5) is 0 Å². The van der Waals surface area contributed by atoms with Crippen LogP contribution in [-0.2, 0) is 0 Å². The van der Waals surface area contributed by atoms with Crippen LogP contribution in [0.2, 0.25) is 0 Å². The Morgan fingerprint density at radius 3 is 2.86 bits per heavy atom. The predicted octanol–water partition coefficient (Wildman–Crippen LogP) is 1.52. The molecule has 3 aromatic rings. The summed E-state index contributed by atoms with van der Waals surface area (Å²) in [6.45, 7) is 0. The van der Waals surface area contributed by atoms with Crippen molar-refractivity contribution in [2.45, 2.75) is 32.1 Å². The number of aromatic nitrogens is 4. The zero-order chi connectivity index (χ0) is 14.9. The molecule has 5 nitrogen and oxygen atoms in total. The van der Waals surface area contributed by atoms with Gasteiger partial charge in [0.25, 0.3) is 5.56 Å². The first-order valence-corrected chi connectivity index (χ1v) is 7.75. The molecule has 4 rings (SSSR count). The summed E-state index contributed by atoms with van der Waals surface area (Å²) in [6.07, 6.45) is 11.4. The normalized spacial score (nSPS) is 16.5. The van der Waals surface area contributed by atoms with Crippen molar-refractivity contribution < 1.29 is 0 Å². The molecule has 3 N–H and O–H groups in total. The zero-order valence-electron chi connectivity index (χ0n) is 12.3. The molecule has 0 spiro atoms. The Morgan fingerprint density at radius 2 is 2.00 bits per heavy atom. The maximum atomic E-state index is 12.2. The Hall–Kier alpha value is -2.56. The number of fused-ring (bicyclic) bond motifs is 1. The molecule has 0 bridgehead atoms. The van der Waals surface area contributed by atoms with E-state index >= 15 is 0 Å². The first-order valence-electron chi connectivity index (χ1n) is 7.75. The van der Waals surface area contributed by atoms with Gasteiger partial charge in [-0.15, -0.1) is 0 Å². The van der Waals surface area contributed by atoms with E-state index in [0.717, 1.165) is 34.9 Å². The second-order valence-electron chi connectivity index (χ2n) is 5.82. The van der Waals surface area contributed by atoms with E-state index in [1.807, 2.05) is 24.4 Å². The molecule has 3 aromatic heterocycles. The van der Waals surface area contributed by atoms with Gasteiger partial charge in [-0.05, 0) is 49.5 Å². The summed E-state index contributed by atoms with van der Waals surface area (Å²) in [6, 6.07) is 3.90. The quantitative estimate of drug-likeness (QED) is 0.636. The van der Waals surface area contributed by atoms with Crippen LogP contribution in [0, 0.1) is 0 Å². The maximum Gasteiger partial charge on any atom is 0.273 e. The maximum absolute atomic E-state index is 12.2. The van der Waals surface area contributed by atoms with Gasteiger partial charge in [0.05, 0.1) is 0 Å². The van der Waals surface area contributed by atoms with Gasteiger partial charge in [0, 0.05) is 23.3 Å². The van der Waals surface area contributed by atoms with Crippen LogP contribution >= 0.6 is 0 Å². The summed E-state index contributed by atoms with van der Waals surface area (Å²) in [7, 11) is 0. The molecular weight excluding hydrogens is 276 g/mol. The van der Waals surface area contributed by atoms with Gasteiger partial charge in [-0.25, -0.2) is 4.98 Å². The molecule has 1 aliphatic rings. The Bertz CT molecular complexity index is 982. The number of imidazole rings is 1. The van der Waals surface area contributed by atoms with Gasteiger partial charge >= 0.3 is 0 Å². The summed E-state index contributed by atoms with van der Waals surface area (Å²) >= 11 is 0. The molecule has 5 heteroatoms. The molecule has 22 heavy (non-hydrogen) atoms. The highest BCUT2D eigenvalue weighted by atomic mass is 16.1. The number of nitrogens with zero attached hydrogens (tertiary/aromatic N) is 1. The topological polar surface area (TPSA) is 77.3 Å². The highest BCUT2D eigenvalue weighted by Crippen LogP contribution is 2.21. The minimum absolute atomic E-state index is 0.0636. The van der Waals surface area contributed by atoms with Crippen LogP contribution in [0.5, 0.6) is 0 Å². The molecule has 0 aromatic carbocycles. The van der Waals surface area contributed by atoms with E-state index in [4.69, 9.17) is 0 Å². The molecule has 0 saturated heterocycles. The molecule has 1 fully saturated rings. The van der Waals surface area contributed by atoms with Crippen LogP contribution in [0.3, 0.4) is 0 Å².